The summed E-state index contributed by atoms with van der Waals surface area (Å²) >= 11 is 13.7. The summed E-state index contributed by atoms with van der Waals surface area (Å²) < 4.78 is 28.3. The summed E-state index contributed by atoms with van der Waals surface area (Å²) in [6, 6.07) is 12.6. The van der Waals surface area contributed by atoms with Crippen LogP contribution in [0.25, 0.3) is 10.2 Å². The number of benzene rings is 2. The molecule has 164 valence electrons. The van der Waals surface area contributed by atoms with Crippen LogP contribution in [-0.4, -0.2) is 54.7 Å². The van der Waals surface area contributed by atoms with Crippen molar-refractivity contribution in [2.75, 3.05) is 26.2 Å². The van der Waals surface area contributed by atoms with E-state index in [4.69, 9.17) is 23.2 Å². The van der Waals surface area contributed by atoms with Crippen LogP contribution in [0.4, 0.5) is 0 Å². The molecule has 1 amide bonds. The summed E-state index contributed by atoms with van der Waals surface area (Å²) in [6.07, 6.45) is 1.89. The highest BCUT2D eigenvalue weighted by atomic mass is 35.5. The van der Waals surface area contributed by atoms with Crippen molar-refractivity contribution < 1.29 is 13.2 Å². The minimum atomic E-state index is -3.76. The van der Waals surface area contributed by atoms with Gasteiger partial charge in [0.05, 0.1) is 25.3 Å². The highest BCUT2D eigenvalue weighted by molar-refractivity contribution is 7.89. The van der Waals surface area contributed by atoms with Crippen molar-refractivity contribution in [3.8, 4) is 0 Å². The second kappa shape index (κ2) is 9.42. The van der Waals surface area contributed by atoms with Crippen LogP contribution in [0.15, 0.2) is 47.4 Å². The SMILES string of the molecule is O=C(CCCc1nc2ccccc2s1)N1CCN(S(=O)(=O)c2cccc(Cl)c2Cl)CC1. The Balaban J connectivity index is 1.30. The largest absolute Gasteiger partial charge is 0.340 e. The molecule has 3 aromatic rings. The number of carbonyl (C=O) groups excluding carboxylic acids is 1. The Labute approximate surface area is 195 Å². The lowest BCUT2D eigenvalue weighted by Gasteiger charge is -2.34. The molecule has 0 atom stereocenters. The topological polar surface area (TPSA) is 70.6 Å². The number of rotatable bonds is 6. The first-order valence-corrected chi connectivity index (χ1v) is 12.9. The molecule has 10 heteroatoms. The average molecular weight is 498 g/mol. The molecular weight excluding hydrogens is 477 g/mol. The zero-order chi connectivity index (χ0) is 22.0. The van der Waals surface area contributed by atoms with E-state index in [-0.39, 0.29) is 33.9 Å². The minimum absolute atomic E-state index is 0.00252. The fraction of sp³-hybridized carbons (Fsp3) is 0.333. The van der Waals surface area contributed by atoms with E-state index < -0.39 is 10.0 Å². The third-order valence-corrected chi connectivity index (χ3v) is 9.21. The van der Waals surface area contributed by atoms with E-state index in [1.807, 2.05) is 24.3 Å². The van der Waals surface area contributed by atoms with Crippen LogP contribution >= 0.6 is 34.5 Å². The zero-order valence-corrected chi connectivity index (χ0v) is 19.8. The molecule has 1 aliphatic heterocycles. The van der Waals surface area contributed by atoms with Crippen LogP contribution in [0.2, 0.25) is 10.0 Å². The normalized spacial score (nSPS) is 15.5. The molecule has 6 nitrogen and oxygen atoms in total. The lowest BCUT2D eigenvalue weighted by atomic mass is 10.2. The zero-order valence-electron chi connectivity index (χ0n) is 16.6. The third-order valence-electron chi connectivity index (χ3n) is 5.24. The maximum atomic E-state index is 12.9. The predicted octanol–water partition coefficient (Wildman–Crippen LogP) is 4.46. The van der Waals surface area contributed by atoms with Crippen molar-refractivity contribution in [1.29, 1.82) is 0 Å². The van der Waals surface area contributed by atoms with Crippen LogP contribution in [-0.2, 0) is 21.2 Å². The molecule has 2 aromatic carbocycles. The fourth-order valence-electron chi connectivity index (χ4n) is 3.58. The summed E-state index contributed by atoms with van der Waals surface area (Å²) in [5, 5.41) is 1.26. The molecule has 1 aliphatic rings. The van der Waals surface area contributed by atoms with Gasteiger partial charge in [-0.3, -0.25) is 4.79 Å². The maximum Gasteiger partial charge on any atom is 0.244 e. The van der Waals surface area contributed by atoms with E-state index in [2.05, 4.69) is 4.98 Å². The van der Waals surface area contributed by atoms with Gasteiger partial charge < -0.3 is 4.90 Å². The molecule has 0 aliphatic carbocycles. The van der Waals surface area contributed by atoms with Crippen molar-refractivity contribution >= 4 is 60.7 Å². The Morgan fingerprint density at radius 3 is 2.52 bits per heavy atom. The maximum absolute atomic E-state index is 12.9. The number of fused-ring (bicyclic) bond motifs is 1. The van der Waals surface area contributed by atoms with E-state index in [0.29, 0.717) is 19.5 Å². The number of sulfonamides is 1. The first-order valence-electron chi connectivity index (χ1n) is 9.92. The van der Waals surface area contributed by atoms with Gasteiger partial charge in [-0.2, -0.15) is 4.31 Å². The van der Waals surface area contributed by atoms with E-state index >= 15 is 0 Å². The number of amides is 1. The van der Waals surface area contributed by atoms with Crippen LogP contribution < -0.4 is 0 Å². The number of carbonyl (C=O) groups is 1. The number of aryl methyl sites for hydroxylation is 1. The van der Waals surface area contributed by atoms with Crippen LogP contribution in [0.5, 0.6) is 0 Å². The molecule has 0 saturated carbocycles. The summed E-state index contributed by atoms with van der Waals surface area (Å²) in [4.78, 5) is 18.9. The molecule has 1 aromatic heterocycles. The van der Waals surface area contributed by atoms with Crippen LogP contribution in [0, 0.1) is 0 Å². The van der Waals surface area contributed by atoms with Gasteiger partial charge in [0.25, 0.3) is 0 Å². The number of thiazole rings is 1. The smallest absolute Gasteiger partial charge is 0.244 e. The van der Waals surface area contributed by atoms with Gasteiger partial charge in [-0.05, 0) is 37.1 Å². The molecule has 4 rings (SSSR count). The van der Waals surface area contributed by atoms with E-state index in [1.165, 1.54) is 10.4 Å². The number of aromatic nitrogens is 1. The first-order chi connectivity index (χ1) is 14.9. The molecular formula is C21H21Cl2N3O3S2. The average Bonchev–Trinajstić information content (AvgIpc) is 3.18. The van der Waals surface area contributed by atoms with Gasteiger partial charge in [0, 0.05) is 32.6 Å². The van der Waals surface area contributed by atoms with E-state index in [0.717, 1.165) is 28.1 Å². The molecule has 0 N–H and O–H groups in total. The lowest BCUT2D eigenvalue weighted by molar-refractivity contribution is -0.132. The number of nitrogens with zero attached hydrogens (tertiary/aromatic N) is 3. The Bertz CT molecular complexity index is 1170. The van der Waals surface area contributed by atoms with Gasteiger partial charge in [-0.25, -0.2) is 13.4 Å². The second-order valence-corrected chi connectivity index (χ2v) is 11.1. The van der Waals surface area contributed by atoms with Crippen molar-refractivity contribution in [3.63, 3.8) is 0 Å². The van der Waals surface area contributed by atoms with E-state index in [9.17, 15) is 13.2 Å². The molecule has 1 fully saturated rings. The monoisotopic (exact) mass is 497 g/mol. The molecule has 0 radical (unpaired) electrons. The molecule has 0 spiro atoms. The minimum Gasteiger partial charge on any atom is -0.340 e. The quantitative estimate of drug-likeness (QED) is 0.503. The predicted molar refractivity (Wildman–Crippen MR) is 124 cm³/mol. The Morgan fingerprint density at radius 2 is 1.77 bits per heavy atom. The van der Waals surface area contributed by atoms with Crippen molar-refractivity contribution in [2.45, 2.75) is 24.2 Å². The number of halogens is 2. The molecule has 1 saturated heterocycles. The molecule has 31 heavy (non-hydrogen) atoms. The molecule has 0 unspecified atom stereocenters. The number of hydrogen-bond acceptors (Lipinski definition) is 5. The summed E-state index contributed by atoms with van der Waals surface area (Å²) in [6.45, 7) is 1.18. The highest BCUT2D eigenvalue weighted by Crippen LogP contribution is 2.31. The Kier molecular flexibility index (Phi) is 6.83. The second-order valence-electron chi connectivity index (χ2n) is 7.27. The number of piperazine rings is 1. The van der Waals surface area contributed by atoms with Gasteiger partial charge >= 0.3 is 0 Å². The van der Waals surface area contributed by atoms with E-state index in [1.54, 1.807) is 28.4 Å². The van der Waals surface area contributed by atoms with Crippen molar-refractivity contribution in [3.05, 3.63) is 57.5 Å². The Morgan fingerprint density at radius 1 is 1.03 bits per heavy atom. The summed E-state index contributed by atoms with van der Waals surface area (Å²) in [5.41, 5.74) is 0.992. The number of para-hydroxylation sites is 1. The molecule has 2 heterocycles. The summed E-state index contributed by atoms with van der Waals surface area (Å²) in [5.74, 6) is 0.0407. The van der Waals surface area contributed by atoms with Gasteiger partial charge in [-0.1, -0.05) is 41.4 Å². The summed E-state index contributed by atoms with van der Waals surface area (Å²) in [7, 11) is -3.76. The first kappa shape index (κ1) is 22.5. The highest BCUT2D eigenvalue weighted by Gasteiger charge is 2.31. The van der Waals surface area contributed by atoms with Gasteiger partial charge in [0.15, 0.2) is 0 Å². The van der Waals surface area contributed by atoms with Crippen LogP contribution in [0.1, 0.15) is 17.8 Å². The fourth-order valence-corrected chi connectivity index (χ4v) is 6.74. The van der Waals surface area contributed by atoms with Gasteiger partial charge in [-0.15, -0.1) is 11.3 Å². The lowest BCUT2D eigenvalue weighted by Crippen LogP contribution is -2.50. The molecule has 0 bridgehead atoms. The third kappa shape index (κ3) is 4.88. The Hall–Kier alpha value is -1.71. The van der Waals surface area contributed by atoms with Crippen molar-refractivity contribution in [1.82, 2.24) is 14.2 Å². The van der Waals surface area contributed by atoms with Crippen LogP contribution in [0.3, 0.4) is 0 Å². The van der Waals surface area contributed by atoms with Gasteiger partial charge in [0.1, 0.15) is 4.90 Å². The van der Waals surface area contributed by atoms with Crippen molar-refractivity contribution in [2.24, 2.45) is 0 Å². The standard InChI is InChI=1S/C21H21Cl2N3O3S2/c22-15-5-3-8-18(21(15)23)31(28,29)26-13-11-25(12-14-26)20(27)10-4-9-19-24-16-6-1-2-7-17(16)30-19/h1-3,5-8H,4,9-14H2. The number of hydrogen-bond donors (Lipinski definition) is 0. The van der Waals surface area contributed by atoms with Gasteiger partial charge in [0.2, 0.25) is 15.9 Å².